The Bertz CT molecular complexity index is 1370. The van der Waals surface area contributed by atoms with Gasteiger partial charge in [-0.2, -0.15) is 0 Å². The van der Waals surface area contributed by atoms with Gasteiger partial charge in [0.1, 0.15) is 17.6 Å². The Kier molecular flexibility index (Phi) is 4.94. The van der Waals surface area contributed by atoms with Crippen LogP contribution in [0.15, 0.2) is 55.6 Å². The van der Waals surface area contributed by atoms with Crippen molar-refractivity contribution in [1.29, 1.82) is 0 Å². The van der Waals surface area contributed by atoms with Gasteiger partial charge in [0.15, 0.2) is 0 Å². The van der Waals surface area contributed by atoms with Crippen molar-refractivity contribution in [3.05, 3.63) is 66.9 Å². The molecule has 32 heavy (non-hydrogen) atoms. The number of hydrogen-bond donors (Lipinski definition) is 2. The van der Waals surface area contributed by atoms with E-state index in [-0.39, 0.29) is 12.3 Å². The maximum absolute atomic E-state index is 13.2. The first-order chi connectivity index (χ1) is 15.5. The van der Waals surface area contributed by atoms with E-state index in [1.54, 1.807) is 30.7 Å². The largest absolute Gasteiger partial charge is 0.386 e. The molecule has 0 aliphatic heterocycles. The van der Waals surface area contributed by atoms with Gasteiger partial charge < -0.3 is 10.4 Å². The van der Waals surface area contributed by atoms with Gasteiger partial charge in [0.05, 0.1) is 23.2 Å². The molecule has 1 aliphatic carbocycles. The van der Waals surface area contributed by atoms with E-state index in [0.717, 1.165) is 33.2 Å². The zero-order valence-corrected chi connectivity index (χ0v) is 17.5. The van der Waals surface area contributed by atoms with Gasteiger partial charge in [-0.25, -0.2) is 14.4 Å². The van der Waals surface area contributed by atoms with E-state index in [9.17, 15) is 14.3 Å². The molecule has 1 aliphatic rings. The summed E-state index contributed by atoms with van der Waals surface area (Å²) in [4.78, 5) is 25.4. The molecule has 0 spiro atoms. The zero-order chi connectivity index (χ0) is 22.4. The SMILES string of the molecule is C=CCC(O)c1cc(C)c(-c2cc3cnc(NC(=O)[C@H]4C[C@H]4F)cc3n3ccnc23)cn1. The Balaban J connectivity index is 1.56. The molecule has 3 atom stereocenters. The van der Waals surface area contributed by atoms with Gasteiger partial charge in [0, 0.05) is 47.4 Å². The third-order valence-electron chi connectivity index (χ3n) is 5.81. The normalized spacial score (nSPS) is 18.6. The highest BCUT2D eigenvalue weighted by Crippen LogP contribution is 2.35. The first-order valence-electron chi connectivity index (χ1n) is 10.4. The second-order valence-corrected chi connectivity index (χ2v) is 8.12. The molecule has 2 N–H and O–H groups in total. The van der Waals surface area contributed by atoms with Gasteiger partial charge in [-0.05, 0) is 37.5 Å². The lowest BCUT2D eigenvalue weighted by Gasteiger charge is -2.14. The fourth-order valence-corrected chi connectivity index (χ4v) is 3.93. The van der Waals surface area contributed by atoms with E-state index >= 15 is 0 Å². The van der Waals surface area contributed by atoms with Crippen LogP contribution in [-0.2, 0) is 4.79 Å². The molecule has 7 nitrogen and oxygen atoms in total. The molecule has 4 aromatic rings. The molecule has 4 aromatic heterocycles. The van der Waals surface area contributed by atoms with Crippen LogP contribution in [0.5, 0.6) is 0 Å². The topological polar surface area (TPSA) is 92.4 Å². The van der Waals surface area contributed by atoms with E-state index in [2.05, 4.69) is 26.8 Å². The lowest BCUT2D eigenvalue weighted by Crippen LogP contribution is -2.16. The number of nitrogens with zero attached hydrogens (tertiary/aromatic N) is 4. The third-order valence-corrected chi connectivity index (χ3v) is 5.81. The number of aliphatic hydroxyl groups excluding tert-OH is 1. The smallest absolute Gasteiger partial charge is 0.231 e. The number of aliphatic hydroxyl groups is 1. The van der Waals surface area contributed by atoms with Crippen LogP contribution in [0.25, 0.3) is 27.7 Å². The first-order valence-corrected chi connectivity index (χ1v) is 10.4. The van der Waals surface area contributed by atoms with Crippen molar-refractivity contribution < 1.29 is 14.3 Å². The summed E-state index contributed by atoms with van der Waals surface area (Å²) in [5, 5.41) is 13.8. The number of amides is 1. The standard InChI is InChI=1S/C24H22FN5O2/c1-3-4-21(31)19-7-13(2)17(12-27-19)15-8-14-11-28-22(29-24(32)16-9-18(16)25)10-20(14)30-6-5-26-23(15)30/h3,5-8,10-12,16,18,21,31H,1,4,9H2,2H3,(H,28,29,32)/t16-,18+,21?/m0/s1. The van der Waals surface area contributed by atoms with Gasteiger partial charge in [-0.1, -0.05) is 6.08 Å². The maximum Gasteiger partial charge on any atom is 0.231 e. The van der Waals surface area contributed by atoms with E-state index < -0.39 is 18.2 Å². The van der Waals surface area contributed by atoms with E-state index in [4.69, 9.17) is 0 Å². The van der Waals surface area contributed by atoms with Crippen molar-refractivity contribution in [2.24, 2.45) is 5.92 Å². The predicted octanol–water partition coefficient (Wildman–Crippen LogP) is 4.16. The van der Waals surface area contributed by atoms with E-state index in [1.165, 1.54) is 0 Å². The monoisotopic (exact) mass is 431 g/mol. The van der Waals surface area contributed by atoms with Gasteiger partial charge in [0.25, 0.3) is 0 Å². The molecule has 1 fully saturated rings. The number of aromatic nitrogens is 4. The summed E-state index contributed by atoms with van der Waals surface area (Å²) in [6.07, 6.45) is 7.60. The summed E-state index contributed by atoms with van der Waals surface area (Å²) in [5.41, 5.74) is 4.90. The molecule has 4 heterocycles. The minimum atomic E-state index is -1.06. The summed E-state index contributed by atoms with van der Waals surface area (Å²) in [5.74, 6) is -0.544. The molecule has 0 radical (unpaired) electrons. The third kappa shape index (κ3) is 3.52. The van der Waals surface area contributed by atoms with Crippen molar-refractivity contribution in [3.63, 3.8) is 0 Å². The first kappa shape index (κ1) is 20.3. The summed E-state index contributed by atoms with van der Waals surface area (Å²) < 4.78 is 15.1. The van der Waals surface area contributed by atoms with Crippen LogP contribution in [0, 0.1) is 12.8 Å². The number of alkyl halides is 1. The Morgan fingerprint density at radius 3 is 2.84 bits per heavy atom. The highest BCUT2D eigenvalue weighted by molar-refractivity contribution is 5.97. The average molecular weight is 431 g/mol. The fraction of sp³-hybridized carbons (Fsp3) is 0.250. The number of imidazole rings is 1. The fourth-order valence-electron chi connectivity index (χ4n) is 3.93. The highest BCUT2D eigenvalue weighted by Gasteiger charge is 2.43. The highest BCUT2D eigenvalue weighted by atomic mass is 19.1. The number of anilines is 1. The molecule has 8 heteroatoms. The Hall–Kier alpha value is -3.65. The van der Waals surface area contributed by atoms with Crippen LogP contribution in [0.4, 0.5) is 10.2 Å². The number of fused-ring (bicyclic) bond motifs is 3. The quantitative estimate of drug-likeness (QED) is 0.447. The lowest BCUT2D eigenvalue weighted by atomic mass is 10.0. The summed E-state index contributed by atoms with van der Waals surface area (Å²) in [6.45, 7) is 5.63. The van der Waals surface area contributed by atoms with Gasteiger partial charge in [-0.15, -0.1) is 6.58 Å². The number of pyridine rings is 3. The maximum atomic E-state index is 13.2. The van der Waals surface area contributed by atoms with Gasteiger partial charge in [-0.3, -0.25) is 14.2 Å². The lowest BCUT2D eigenvalue weighted by molar-refractivity contribution is -0.117. The van der Waals surface area contributed by atoms with Crippen LogP contribution in [-0.4, -0.2) is 36.5 Å². The van der Waals surface area contributed by atoms with Crippen LogP contribution in [0.1, 0.15) is 30.2 Å². The molecule has 1 unspecified atom stereocenters. The summed E-state index contributed by atoms with van der Waals surface area (Å²) in [6, 6.07) is 5.62. The molecule has 5 rings (SSSR count). The molecule has 0 saturated heterocycles. The zero-order valence-electron chi connectivity index (χ0n) is 17.5. The molecular weight excluding hydrogens is 409 g/mol. The van der Waals surface area contributed by atoms with E-state index in [0.29, 0.717) is 17.9 Å². The number of carbonyl (C=O) groups is 1. The van der Waals surface area contributed by atoms with Crippen molar-refractivity contribution in [2.75, 3.05) is 5.32 Å². The number of carbonyl (C=O) groups excluding carboxylic acids is 1. The summed E-state index contributed by atoms with van der Waals surface area (Å²) >= 11 is 0. The Morgan fingerprint density at radius 2 is 2.12 bits per heavy atom. The van der Waals surface area contributed by atoms with Gasteiger partial charge in [0.2, 0.25) is 5.91 Å². The van der Waals surface area contributed by atoms with Crippen molar-refractivity contribution in [2.45, 2.75) is 32.0 Å². The molecule has 1 saturated carbocycles. The minimum absolute atomic E-state index is 0.269. The number of hydrogen-bond acceptors (Lipinski definition) is 5. The van der Waals surface area contributed by atoms with Crippen LogP contribution < -0.4 is 5.32 Å². The number of aryl methyl sites for hydroxylation is 1. The molecule has 1 amide bonds. The van der Waals surface area contributed by atoms with Crippen molar-refractivity contribution in [1.82, 2.24) is 19.4 Å². The molecule has 162 valence electrons. The Morgan fingerprint density at radius 1 is 1.31 bits per heavy atom. The Labute approximate surface area is 183 Å². The van der Waals surface area contributed by atoms with Crippen molar-refractivity contribution in [3.8, 4) is 11.1 Å². The number of rotatable bonds is 6. The van der Waals surface area contributed by atoms with Gasteiger partial charge >= 0.3 is 0 Å². The number of nitrogens with one attached hydrogen (secondary N) is 1. The molecule has 0 bridgehead atoms. The predicted molar refractivity (Wildman–Crippen MR) is 120 cm³/mol. The second-order valence-electron chi connectivity index (χ2n) is 8.12. The van der Waals surface area contributed by atoms with E-state index in [1.807, 2.05) is 29.7 Å². The number of halogens is 1. The average Bonchev–Trinajstić information content (AvgIpc) is 3.30. The van der Waals surface area contributed by atoms with Crippen LogP contribution in [0.2, 0.25) is 0 Å². The molecular formula is C24H22FN5O2. The molecule has 0 aromatic carbocycles. The second kappa shape index (κ2) is 7.80. The summed E-state index contributed by atoms with van der Waals surface area (Å²) in [7, 11) is 0. The van der Waals surface area contributed by atoms with Crippen molar-refractivity contribution >= 4 is 28.3 Å². The van der Waals surface area contributed by atoms with Crippen LogP contribution >= 0.6 is 0 Å². The van der Waals surface area contributed by atoms with Crippen LogP contribution in [0.3, 0.4) is 0 Å². The minimum Gasteiger partial charge on any atom is -0.386 e.